The normalized spacial score (nSPS) is 15.8. The fourth-order valence-electron chi connectivity index (χ4n) is 4.87. The maximum atomic E-state index is 13.9. The van der Waals surface area contributed by atoms with E-state index in [1.807, 2.05) is 25.1 Å². The van der Waals surface area contributed by atoms with E-state index in [1.165, 1.54) is 4.68 Å². The zero-order valence-corrected chi connectivity index (χ0v) is 23.4. The van der Waals surface area contributed by atoms with Gasteiger partial charge in [0.1, 0.15) is 17.2 Å². The second-order valence-corrected chi connectivity index (χ2v) is 9.63. The Labute approximate surface area is 236 Å². The van der Waals surface area contributed by atoms with Crippen LogP contribution in [0.5, 0.6) is 0 Å². The largest absolute Gasteiger partial charge is 0.510 e. The number of pyridine rings is 2. The number of tetrazole rings is 1. The number of amides is 1. The van der Waals surface area contributed by atoms with Crippen molar-refractivity contribution in [3.63, 3.8) is 0 Å². The van der Waals surface area contributed by atoms with E-state index in [0.717, 1.165) is 24.9 Å². The fourth-order valence-corrected chi connectivity index (χ4v) is 4.87. The van der Waals surface area contributed by atoms with E-state index < -0.39 is 12.4 Å². The molecule has 4 aromatic rings. The van der Waals surface area contributed by atoms with E-state index in [1.54, 1.807) is 55.1 Å². The van der Waals surface area contributed by atoms with Gasteiger partial charge < -0.3 is 14.8 Å². The van der Waals surface area contributed by atoms with Crippen LogP contribution in [0.2, 0.25) is 0 Å². The third-order valence-electron chi connectivity index (χ3n) is 6.88. The molecule has 1 aliphatic rings. The molecule has 4 aromatic heterocycles. The molecule has 14 nitrogen and oxygen atoms in total. The maximum Gasteiger partial charge on any atom is 0.510 e. The molecule has 0 saturated carbocycles. The summed E-state index contributed by atoms with van der Waals surface area (Å²) in [4.78, 5) is 36.6. The highest BCUT2D eigenvalue weighted by atomic mass is 16.7. The summed E-state index contributed by atoms with van der Waals surface area (Å²) in [5.41, 5.74) is 3.19. The molecular formula is C27H32N10O4. The van der Waals surface area contributed by atoms with Crippen LogP contribution in [-0.2, 0) is 16.5 Å². The van der Waals surface area contributed by atoms with Gasteiger partial charge in [0.25, 0.3) is 5.91 Å². The summed E-state index contributed by atoms with van der Waals surface area (Å²) in [6.07, 6.45) is 5.18. The third-order valence-corrected chi connectivity index (χ3v) is 6.88. The lowest BCUT2D eigenvalue weighted by Gasteiger charge is -2.34. The molecule has 0 spiro atoms. The number of piperidine rings is 1. The van der Waals surface area contributed by atoms with E-state index >= 15 is 0 Å². The summed E-state index contributed by atoms with van der Waals surface area (Å²) >= 11 is 0. The lowest BCUT2D eigenvalue weighted by molar-refractivity contribution is 0.00140. The van der Waals surface area contributed by atoms with Crippen LogP contribution in [0.15, 0.2) is 42.9 Å². The summed E-state index contributed by atoms with van der Waals surface area (Å²) in [7, 11) is 1.76. The van der Waals surface area contributed by atoms with Crippen molar-refractivity contribution in [1.82, 2.24) is 45.3 Å². The fraction of sp³-hybridized carbons (Fsp3) is 0.407. The highest BCUT2D eigenvalue weighted by Crippen LogP contribution is 2.32. The van der Waals surface area contributed by atoms with Crippen LogP contribution in [0, 0.1) is 6.92 Å². The molecule has 2 atom stereocenters. The summed E-state index contributed by atoms with van der Waals surface area (Å²) < 4.78 is 13.1. The van der Waals surface area contributed by atoms with Gasteiger partial charge in [0.05, 0.1) is 18.8 Å². The Balaban J connectivity index is 1.44. The summed E-state index contributed by atoms with van der Waals surface area (Å²) in [6, 6.07) is 7.29. The Morgan fingerprint density at radius 2 is 2.07 bits per heavy atom. The van der Waals surface area contributed by atoms with Crippen LogP contribution in [-0.4, -0.2) is 77.8 Å². The molecule has 0 aromatic carbocycles. The molecule has 14 heteroatoms. The Morgan fingerprint density at radius 3 is 2.78 bits per heavy atom. The average molecular weight is 561 g/mol. The second-order valence-electron chi connectivity index (χ2n) is 9.63. The van der Waals surface area contributed by atoms with Gasteiger partial charge in [0.15, 0.2) is 6.23 Å². The molecule has 1 N–H and O–H groups in total. The minimum atomic E-state index is -0.838. The zero-order valence-electron chi connectivity index (χ0n) is 23.4. The minimum Gasteiger partial charge on any atom is -0.435 e. The lowest BCUT2D eigenvalue weighted by Crippen LogP contribution is -2.49. The van der Waals surface area contributed by atoms with Crippen molar-refractivity contribution >= 4 is 17.9 Å². The van der Waals surface area contributed by atoms with Crippen molar-refractivity contribution in [1.29, 1.82) is 0 Å². The maximum absolute atomic E-state index is 13.9. The zero-order chi connectivity index (χ0) is 28.9. The molecule has 5 rings (SSSR count). The van der Waals surface area contributed by atoms with Gasteiger partial charge in [-0.1, -0.05) is 12.1 Å². The number of nitrogens with zero attached hydrogens (tertiary/aromatic N) is 9. The number of aryl methyl sites for hydroxylation is 2. The molecule has 0 bridgehead atoms. The highest BCUT2D eigenvalue weighted by molar-refractivity contribution is 6.05. The molecule has 1 fully saturated rings. The lowest BCUT2D eigenvalue weighted by atomic mass is 10.0. The molecule has 0 radical (unpaired) electrons. The van der Waals surface area contributed by atoms with E-state index in [-0.39, 0.29) is 18.6 Å². The first-order chi connectivity index (χ1) is 19.9. The Kier molecular flexibility index (Phi) is 8.29. The molecule has 0 unspecified atom stereocenters. The molecule has 5 heterocycles. The van der Waals surface area contributed by atoms with Crippen LogP contribution in [0.1, 0.15) is 49.0 Å². The quantitative estimate of drug-likeness (QED) is 0.316. The average Bonchev–Trinajstić information content (AvgIpc) is 3.61. The molecule has 1 saturated heterocycles. The summed E-state index contributed by atoms with van der Waals surface area (Å²) in [5.74, 6) is 0.753. The van der Waals surface area contributed by atoms with Crippen molar-refractivity contribution in [3.05, 3.63) is 54.1 Å². The van der Waals surface area contributed by atoms with Gasteiger partial charge in [-0.05, 0) is 68.3 Å². The number of ether oxygens (including phenoxy) is 2. The van der Waals surface area contributed by atoms with Crippen molar-refractivity contribution in [2.45, 2.75) is 45.9 Å². The Morgan fingerprint density at radius 1 is 1.22 bits per heavy atom. The van der Waals surface area contributed by atoms with E-state index in [2.05, 4.69) is 35.9 Å². The first kappa shape index (κ1) is 27.8. The number of nitrogens with one attached hydrogen (secondary N) is 1. The number of aromatic nitrogens is 8. The van der Waals surface area contributed by atoms with Gasteiger partial charge in [-0.3, -0.25) is 19.4 Å². The number of anilines is 1. The topological polar surface area (TPSA) is 155 Å². The van der Waals surface area contributed by atoms with Crippen molar-refractivity contribution in [2.24, 2.45) is 7.05 Å². The van der Waals surface area contributed by atoms with Crippen molar-refractivity contribution in [3.8, 4) is 22.6 Å². The smallest absolute Gasteiger partial charge is 0.435 e. The number of carbonyl (C=O) groups is 2. The second kappa shape index (κ2) is 12.2. The first-order valence-electron chi connectivity index (χ1n) is 13.4. The van der Waals surface area contributed by atoms with E-state index in [9.17, 15) is 9.59 Å². The molecule has 41 heavy (non-hydrogen) atoms. The van der Waals surface area contributed by atoms with Crippen LogP contribution in [0.4, 0.5) is 10.6 Å². The van der Waals surface area contributed by atoms with E-state index in [4.69, 9.17) is 9.47 Å². The van der Waals surface area contributed by atoms with Gasteiger partial charge in [0.2, 0.25) is 5.82 Å². The molecule has 1 amide bonds. The van der Waals surface area contributed by atoms with Crippen molar-refractivity contribution < 1.29 is 19.1 Å². The SMILES string of the molecule is CCOC(=O)O[C@@H](C)n1nnnc1-c1c(-c2ccc(C(=O)N(c3ncccc3C)[C@@H]3CCCNC3)nc2)cnn1C. The van der Waals surface area contributed by atoms with Crippen molar-refractivity contribution in [2.75, 3.05) is 24.6 Å². The highest BCUT2D eigenvalue weighted by Gasteiger charge is 2.31. The van der Waals surface area contributed by atoms with Gasteiger partial charge in [-0.25, -0.2) is 9.78 Å². The summed E-state index contributed by atoms with van der Waals surface area (Å²) in [6.45, 7) is 7.07. The number of carbonyl (C=O) groups excluding carboxylic acids is 2. The molecule has 214 valence electrons. The Hall–Kier alpha value is -4.72. The monoisotopic (exact) mass is 560 g/mol. The predicted octanol–water partition coefficient (Wildman–Crippen LogP) is 2.93. The third kappa shape index (κ3) is 5.77. The van der Waals surface area contributed by atoms with Crippen LogP contribution in [0.3, 0.4) is 0 Å². The number of hydrogen-bond donors (Lipinski definition) is 1. The van der Waals surface area contributed by atoms with E-state index in [0.29, 0.717) is 40.7 Å². The molecule has 1 aliphatic heterocycles. The van der Waals surface area contributed by atoms with Gasteiger partial charge >= 0.3 is 6.16 Å². The van der Waals surface area contributed by atoms with Crippen LogP contribution in [0.25, 0.3) is 22.6 Å². The first-order valence-corrected chi connectivity index (χ1v) is 13.4. The standard InChI is InChI=1S/C27H32N10O4/c1-5-40-27(39)41-18(3)37-25(32-33-34-37)23-21(16-31-35(23)4)19-10-11-22(30-14-19)26(38)36(20-9-7-12-28-15-20)24-17(2)8-6-13-29-24/h6,8,10-11,13-14,16,18,20,28H,5,7,9,12,15H2,1-4H3/t18-,20+/m0/s1. The predicted molar refractivity (Wildman–Crippen MR) is 148 cm³/mol. The summed E-state index contributed by atoms with van der Waals surface area (Å²) in [5, 5.41) is 19.7. The van der Waals surface area contributed by atoms with Crippen LogP contribution >= 0.6 is 0 Å². The Bertz CT molecular complexity index is 1510. The van der Waals surface area contributed by atoms with Gasteiger partial charge in [-0.2, -0.15) is 9.78 Å². The van der Waals surface area contributed by atoms with Crippen LogP contribution < -0.4 is 10.2 Å². The molecular weight excluding hydrogens is 528 g/mol. The number of rotatable bonds is 8. The van der Waals surface area contributed by atoms with Gasteiger partial charge in [0, 0.05) is 37.1 Å². The molecule has 0 aliphatic carbocycles. The number of hydrogen-bond acceptors (Lipinski definition) is 11. The van der Waals surface area contributed by atoms with Gasteiger partial charge in [-0.15, -0.1) is 5.10 Å². The minimum absolute atomic E-state index is 0.0334.